The summed E-state index contributed by atoms with van der Waals surface area (Å²) in [6.45, 7) is 0. The zero-order valence-corrected chi connectivity index (χ0v) is 17.4. The molecule has 0 unspecified atom stereocenters. The minimum absolute atomic E-state index is 0.596. The van der Waals surface area contributed by atoms with Gasteiger partial charge in [-0.25, -0.2) is 0 Å². The molecule has 0 aliphatic rings. The Morgan fingerprint density at radius 1 is 0.480 bits per heavy atom. The van der Waals surface area contributed by atoms with Crippen LogP contribution in [0.25, 0.3) is 27.6 Å². The van der Waals surface area contributed by atoms with Crippen molar-refractivity contribution in [3.05, 3.63) is 99.4 Å². The summed E-state index contributed by atoms with van der Waals surface area (Å²) in [5.74, 6) is 0. The minimum Gasteiger partial charge on any atom is -0.0626 e. The average molecular weight is 470 g/mol. The van der Waals surface area contributed by atoms with Crippen LogP contribution in [0.5, 0.6) is 0 Å². The van der Waals surface area contributed by atoms with E-state index in [0.29, 0.717) is 0 Å². The van der Waals surface area contributed by atoms with Gasteiger partial charge in [-0.05, 0) is 48.3 Å². The third kappa shape index (κ3) is 3.15. The van der Waals surface area contributed by atoms with E-state index in [2.05, 4.69) is 123 Å². The van der Waals surface area contributed by atoms with Gasteiger partial charge in [0.2, 0.25) is 0 Å². The van der Waals surface area contributed by atoms with Crippen molar-refractivity contribution in [2.45, 2.75) is 0 Å². The fourth-order valence-corrected chi connectivity index (χ4v) is 8.94. The van der Waals surface area contributed by atoms with Crippen molar-refractivity contribution in [1.29, 1.82) is 0 Å². The standard InChI is InChI=1S/C22H15Br2P/c23-21-19(16-10-4-1-5-11-16)20(17-12-6-2-7-13-17)22(24)25(21)18-14-8-3-9-15-18/h1-15H. The van der Waals surface area contributed by atoms with Gasteiger partial charge >= 0.3 is 0 Å². The number of hydrogen-bond acceptors (Lipinski definition) is 0. The smallest absolute Gasteiger partial charge is 0.0508 e. The van der Waals surface area contributed by atoms with Crippen LogP contribution in [0.4, 0.5) is 0 Å². The van der Waals surface area contributed by atoms with E-state index in [0.717, 1.165) is 0 Å². The highest BCUT2D eigenvalue weighted by molar-refractivity contribution is 9.12. The Morgan fingerprint density at radius 3 is 1.24 bits per heavy atom. The molecule has 0 N–H and O–H groups in total. The molecular formula is C22H15Br2P. The van der Waals surface area contributed by atoms with Crippen LogP contribution < -0.4 is 0 Å². The average Bonchev–Trinajstić information content (AvgIpc) is 2.94. The zero-order chi connectivity index (χ0) is 17.2. The van der Waals surface area contributed by atoms with Crippen molar-refractivity contribution < 1.29 is 0 Å². The molecule has 0 nitrogen and oxygen atoms in total. The molecule has 3 heteroatoms. The second-order valence-corrected chi connectivity index (χ2v) is 10.6. The summed E-state index contributed by atoms with van der Waals surface area (Å²) < 4.78 is 2.54. The van der Waals surface area contributed by atoms with Crippen LogP contribution in [0.2, 0.25) is 0 Å². The van der Waals surface area contributed by atoms with Gasteiger partial charge in [-0.1, -0.05) is 98.5 Å². The van der Waals surface area contributed by atoms with Crippen LogP contribution in [0.3, 0.4) is 0 Å². The molecule has 0 spiro atoms. The normalized spacial score (nSPS) is 10.8. The van der Waals surface area contributed by atoms with Crippen LogP contribution in [0, 0.1) is 0 Å². The highest BCUT2D eigenvalue weighted by atomic mass is 79.9. The van der Waals surface area contributed by atoms with Gasteiger partial charge in [0.25, 0.3) is 0 Å². The highest BCUT2D eigenvalue weighted by Crippen LogP contribution is 2.62. The second-order valence-electron chi connectivity index (χ2n) is 5.73. The summed E-state index contributed by atoms with van der Waals surface area (Å²) >= 11 is 7.92. The van der Waals surface area contributed by atoms with Crippen molar-refractivity contribution in [1.82, 2.24) is 0 Å². The molecule has 0 saturated carbocycles. The zero-order valence-electron chi connectivity index (χ0n) is 13.4. The van der Waals surface area contributed by atoms with E-state index in [1.54, 1.807) is 0 Å². The van der Waals surface area contributed by atoms with Gasteiger partial charge in [0.05, 0.1) is 8.41 Å². The fourth-order valence-electron chi connectivity index (χ4n) is 3.06. The summed E-state index contributed by atoms with van der Waals surface area (Å²) in [7, 11) is -0.596. The molecule has 0 radical (unpaired) electrons. The van der Waals surface area contributed by atoms with Gasteiger partial charge < -0.3 is 0 Å². The van der Waals surface area contributed by atoms with Gasteiger partial charge in [0.15, 0.2) is 0 Å². The molecule has 0 aliphatic heterocycles. The van der Waals surface area contributed by atoms with Gasteiger partial charge in [-0.3, -0.25) is 0 Å². The summed E-state index contributed by atoms with van der Waals surface area (Å²) in [5.41, 5.74) is 5.06. The van der Waals surface area contributed by atoms with Crippen molar-refractivity contribution in [3.63, 3.8) is 0 Å². The first-order chi connectivity index (χ1) is 12.3. The Labute approximate surface area is 165 Å². The first-order valence-electron chi connectivity index (χ1n) is 8.03. The van der Waals surface area contributed by atoms with E-state index in [4.69, 9.17) is 0 Å². The predicted molar refractivity (Wildman–Crippen MR) is 117 cm³/mol. The second kappa shape index (κ2) is 7.33. The predicted octanol–water partition coefficient (Wildman–Crippen LogP) is 8.52. The maximum absolute atomic E-state index is 3.96. The SMILES string of the molecule is Brc1c(-c2ccccc2)c(-c2ccccc2)c(Br)p1-c1ccccc1. The van der Waals surface area contributed by atoms with E-state index in [1.165, 1.54) is 36.0 Å². The third-order valence-corrected chi connectivity index (χ3v) is 9.16. The molecule has 0 aliphatic carbocycles. The molecular weight excluding hydrogens is 455 g/mol. The van der Waals surface area contributed by atoms with Gasteiger partial charge in [-0.2, -0.15) is 0 Å². The topological polar surface area (TPSA) is 0 Å². The summed E-state index contributed by atoms with van der Waals surface area (Å²) in [6.07, 6.45) is 0. The molecule has 0 saturated heterocycles. The van der Waals surface area contributed by atoms with Crippen LogP contribution in [-0.4, -0.2) is 0 Å². The Kier molecular flexibility index (Phi) is 4.94. The van der Waals surface area contributed by atoms with Gasteiger partial charge in [0, 0.05) is 11.1 Å². The molecule has 1 heterocycles. The Bertz CT molecular complexity index is 928. The summed E-state index contributed by atoms with van der Waals surface area (Å²) in [6, 6.07) is 32.0. The van der Waals surface area contributed by atoms with E-state index in [1.807, 2.05) is 0 Å². The lowest BCUT2D eigenvalue weighted by Crippen LogP contribution is -1.81. The van der Waals surface area contributed by atoms with E-state index < -0.39 is 7.53 Å². The van der Waals surface area contributed by atoms with Crippen LogP contribution >= 0.6 is 39.4 Å². The maximum Gasteiger partial charge on any atom is 0.0508 e. The highest BCUT2D eigenvalue weighted by Gasteiger charge is 2.23. The molecule has 25 heavy (non-hydrogen) atoms. The number of rotatable bonds is 3. The molecule has 4 aromatic rings. The largest absolute Gasteiger partial charge is 0.0626 e. The Balaban J connectivity index is 2.06. The molecule has 0 amide bonds. The van der Waals surface area contributed by atoms with Gasteiger partial charge in [-0.15, -0.1) is 0 Å². The van der Waals surface area contributed by atoms with E-state index in [9.17, 15) is 0 Å². The molecule has 122 valence electrons. The first kappa shape index (κ1) is 16.8. The van der Waals surface area contributed by atoms with Gasteiger partial charge in [0.1, 0.15) is 0 Å². The molecule has 0 fully saturated rings. The van der Waals surface area contributed by atoms with E-state index >= 15 is 0 Å². The van der Waals surface area contributed by atoms with Crippen molar-refractivity contribution in [2.75, 3.05) is 0 Å². The van der Waals surface area contributed by atoms with Crippen LogP contribution in [-0.2, 0) is 0 Å². The molecule has 3 aromatic carbocycles. The molecule has 0 atom stereocenters. The fraction of sp³-hybridized carbons (Fsp3) is 0. The lowest BCUT2D eigenvalue weighted by Gasteiger charge is -2.07. The molecule has 1 aromatic heterocycles. The minimum atomic E-state index is -0.596. The van der Waals surface area contributed by atoms with Crippen molar-refractivity contribution >= 4 is 39.4 Å². The monoisotopic (exact) mass is 468 g/mol. The third-order valence-electron chi connectivity index (χ3n) is 4.19. The lowest BCUT2D eigenvalue weighted by atomic mass is 9.99. The van der Waals surface area contributed by atoms with Crippen LogP contribution in [0.15, 0.2) is 99.4 Å². The number of halogens is 2. The maximum atomic E-state index is 3.96. The molecule has 4 rings (SSSR count). The van der Waals surface area contributed by atoms with Crippen LogP contribution in [0.1, 0.15) is 0 Å². The summed E-state index contributed by atoms with van der Waals surface area (Å²) in [5, 5.41) is 1.34. The van der Waals surface area contributed by atoms with Crippen molar-refractivity contribution in [2.24, 2.45) is 0 Å². The number of benzene rings is 3. The Hall–Kier alpha value is -1.60. The van der Waals surface area contributed by atoms with Crippen molar-refractivity contribution in [3.8, 4) is 27.6 Å². The number of hydrogen-bond donors (Lipinski definition) is 0. The molecule has 0 bridgehead atoms. The van der Waals surface area contributed by atoms with E-state index in [-0.39, 0.29) is 0 Å². The lowest BCUT2D eigenvalue weighted by molar-refractivity contribution is 1.62. The first-order valence-corrected chi connectivity index (χ1v) is 11.0. The Morgan fingerprint density at radius 2 is 0.840 bits per heavy atom. The quantitative estimate of drug-likeness (QED) is 0.282. The summed E-state index contributed by atoms with van der Waals surface area (Å²) in [4.78, 5) is 0.